The van der Waals surface area contributed by atoms with Crippen molar-refractivity contribution in [2.45, 2.75) is 38.5 Å². The van der Waals surface area contributed by atoms with Crippen molar-refractivity contribution in [2.24, 2.45) is 0 Å². The number of β-amino-alcohol motifs (C(OH)–C–C–N with tert-alkyl or cyclic N) is 1. The SMILES string of the molecule is CCc1cc(C(=O)N2C[C@@H](O)[C@H](N3CCc4ccccc4C3)C2)no1. The Morgan fingerprint density at radius 2 is 2.12 bits per heavy atom. The van der Waals surface area contributed by atoms with Crippen LogP contribution in [0.2, 0.25) is 0 Å². The highest BCUT2D eigenvalue weighted by molar-refractivity contribution is 5.92. The lowest BCUT2D eigenvalue weighted by molar-refractivity contribution is 0.0732. The van der Waals surface area contributed by atoms with Gasteiger partial charge in [-0.15, -0.1) is 0 Å². The molecule has 4 rings (SSSR count). The van der Waals surface area contributed by atoms with Crippen LogP contribution in [0.3, 0.4) is 0 Å². The average molecular weight is 341 g/mol. The lowest BCUT2D eigenvalue weighted by atomic mass is 9.98. The molecular formula is C19H23N3O3. The minimum Gasteiger partial charge on any atom is -0.390 e. The summed E-state index contributed by atoms with van der Waals surface area (Å²) in [6.07, 6.45) is 1.15. The second-order valence-electron chi connectivity index (χ2n) is 6.87. The first-order chi connectivity index (χ1) is 12.2. The van der Waals surface area contributed by atoms with Gasteiger partial charge in [0.25, 0.3) is 5.91 Å². The van der Waals surface area contributed by atoms with Gasteiger partial charge in [-0.25, -0.2) is 0 Å². The molecule has 6 heteroatoms. The Morgan fingerprint density at radius 3 is 2.88 bits per heavy atom. The summed E-state index contributed by atoms with van der Waals surface area (Å²) in [7, 11) is 0. The van der Waals surface area contributed by atoms with Crippen molar-refractivity contribution in [3.05, 3.63) is 52.9 Å². The van der Waals surface area contributed by atoms with E-state index in [2.05, 4.69) is 34.3 Å². The summed E-state index contributed by atoms with van der Waals surface area (Å²) in [5, 5.41) is 14.4. The molecule has 1 N–H and O–H groups in total. The Hall–Kier alpha value is -2.18. The maximum atomic E-state index is 12.6. The third-order valence-electron chi connectivity index (χ3n) is 5.30. The van der Waals surface area contributed by atoms with Gasteiger partial charge in [-0.2, -0.15) is 0 Å². The molecule has 0 spiro atoms. The average Bonchev–Trinajstić information content (AvgIpc) is 3.27. The summed E-state index contributed by atoms with van der Waals surface area (Å²) in [5.41, 5.74) is 3.03. The van der Waals surface area contributed by atoms with Crippen LogP contribution in [0.25, 0.3) is 0 Å². The minimum atomic E-state index is -0.535. The van der Waals surface area contributed by atoms with Gasteiger partial charge in [-0.1, -0.05) is 36.3 Å². The molecule has 6 nitrogen and oxygen atoms in total. The Bertz CT molecular complexity index is 773. The maximum absolute atomic E-state index is 12.6. The predicted octanol–water partition coefficient (Wildman–Crippen LogP) is 1.48. The molecule has 1 aromatic carbocycles. The summed E-state index contributed by atoms with van der Waals surface area (Å²) >= 11 is 0. The molecule has 2 aromatic rings. The second-order valence-corrected chi connectivity index (χ2v) is 6.87. The topological polar surface area (TPSA) is 69.8 Å². The van der Waals surface area contributed by atoms with Crippen LogP contribution in [0, 0.1) is 0 Å². The lowest BCUT2D eigenvalue weighted by Gasteiger charge is -2.34. The number of amides is 1. The molecule has 3 heterocycles. The van der Waals surface area contributed by atoms with E-state index in [0.717, 1.165) is 19.5 Å². The molecular weight excluding hydrogens is 318 g/mol. The Labute approximate surface area is 147 Å². The number of aliphatic hydroxyl groups excluding tert-OH is 1. The number of fused-ring (bicyclic) bond motifs is 1. The van der Waals surface area contributed by atoms with Crippen LogP contribution in [-0.2, 0) is 19.4 Å². The van der Waals surface area contributed by atoms with Crippen molar-refractivity contribution in [2.75, 3.05) is 19.6 Å². The Balaban J connectivity index is 1.45. The van der Waals surface area contributed by atoms with Crippen LogP contribution in [0.5, 0.6) is 0 Å². The number of aliphatic hydroxyl groups is 1. The maximum Gasteiger partial charge on any atom is 0.276 e. The third-order valence-corrected chi connectivity index (χ3v) is 5.30. The summed E-state index contributed by atoms with van der Waals surface area (Å²) in [6.45, 7) is 4.56. The number of benzene rings is 1. The molecule has 132 valence electrons. The molecule has 0 saturated carbocycles. The predicted molar refractivity (Wildman–Crippen MR) is 92.1 cm³/mol. The smallest absolute Gasteiger partial charge is 0.276 e. The van der Waals surface area contributed by atoms with E-state index in [-0.39, 0.29) is 11.9 Å². The van der Waals surface area contributed by atoms with Crippen molar-refractivity contribution < 1.29 is 14.4 Å². The molecule has 0 unspecified atom stereocenters. The normalized spacial score (nSPS) is 23.7. The van der Waals surface area contributed by atoms with E-state index in [1.165, 1.54) is 11.1 Å². The van der Waals surface area contributed by atoms with Gasteiger partial charge in [0.05, 0.1) is 12.1 Å². The van der Waals surface area contributed by atoms with Gasteiger partial charge in [0, 0.05) is 38.7 Å². The van der Waals surface area contributed by atoms with Crippen molar-refractivity contribution in [1.29, 1.82) is 0 Å². The molecule has 25 heavy (non-hydrogen) atoms. The van der Waals surface area contributed by atoms with Crippen molar-refractivity contribution in [3.63, 3.8) is 0 Å². The van der Waals surface area contributed by atoms with Gasteiger partial charge in [-0.3, -0.25) is 9.69 Å². The van der Waals surface area contributed by atoms with Crippen LogP contribution in [0.15, 0.2) is 34.9 Å². The number of hydrogen-bond acceptors (Lipinski definition) is 5. The molecule has 1 fully saturated rings. The van der Waals surface area contributed by atoms with Crippen LogP contribution < -0.4 is 0 Å². The van der Waals surface area contributed by atoms with Gasteiger partial charge in [0.15, 0.2) is 5.69 Å². The fraction of sp³-hybridized carbons (Fsp3) is 0.474. The molecule has 1 saturated heterocycles. The van der Waals surface area contributed by atoms with Crippen LogP contribution in [0.1, 0.15) is 34.3 Å². The zero-order valence-corrected chi connectivity index (χ0v) is 14.4. The van der Waals surface area contributed by atoms with E-state index < -0.39 is 6.10 Å². The van der Waals surface area contributed by atoms with Crippen LogP contribution >= 0.6 is 0 Å². The number of likely N-dealkylation sites (tertiary alicyclic amines) is 1. The highest BCUT2D eigenvalue weighted by Gasteiger charge is 2.39. The Morgan fingerprint density at radius 1 is 1.32 bits per heavy atom. The van der Waals surface area contributed by atoms with Crippen LogP contribution in [0.4, 0.5) is 0 Å². The molecule has 0 radical (unpaired) electrons. The van der Waals surface area contributed by atoms with Crippen molar-refractivity contribution >= 4 is 5.91 Å². The number of carbonyl (C=O) groups excluding carboxylic acids is 1. The summed E-state index contributed by atoms with van der Waals surface area (Å²) in [6, 6.07) is 10.1. The van der Waals surface area contributed by atoms with E-state index in [1.54, 1.807) is 11.0 Å². The van der Waals surface area contributed by atoms with Crippen molar-refractivity contribution in [1.82, 2.24) is 15.0 Å². The fourth-order valence-electron chi connectivity index (χ4n) is 3.84. The highest BCUT2D eigenvalue weighted by atomic mass is 16.5. The first-order valence-corrected chi connectivity index (χ1v) is 8.89. The molecule has 2 aliphatic rings. The standard InChI is InChI=1S/C19H23N3O3/c1-2-15-9-16(20-25-15)19(24)22-11-17(18(23)12-22)21-8-7-13-5-3-4-6-14(13)10-21/h3-6,9,17-18,23H,2,7-8,10-12H2,1H3/t17-,18-/m1/s1. The quantitative estimate of drug-likeness (QED) is 0.916. The Kier molecular flexibility index (Phi) is 4.31. The van der Waals surface area contributed by atoms with Crippen LogP contribution in [-0.4, -0.2) is 57.8 Å². The van der Waals surface area contributed by atoms with Crippen molar-refractivity contribution in [3.8, 4) is 0 Å². The number of hydrogen-bond donors (Lipinski definition) is 1. The molecule has 2 aliphatic heterocycles. The molecule has 2 atom stereocenters. The van der Waals surface area contributed by atoms with Gasteiger partial charge >= 0.3 is 0 Å². The second kappa shape index (κ2) is 6.61. The minimum absolute atomic E-state index is 0.0325. The summed E-state index contributed by atoms with van der Waals surface area (Å²) in [5.74, 6) is 0.537. The number of aryl methyl sites for hydroxylation is 1. The van der Waals surface area contributed by atoms with E-state index in [4.69, 9.17) is 4.52 Å². The monoisotopic (exact) mass is 341 g/mol. The number of rotatable bonds is 3. The molecule has 1 aromatic heterocycles. The largest absolute Gasteiger partial charge is 0.390 e. The first-order valence-electron chi connectivity index (χ1n) is 8.89. The zero-order valence-electron chi connectivity index (χ0n) is 14.4. The zero-order chi connectivity index (χ0) is 17.4. The number of aromatic nitrogens is 1. The summed E-state index contributed by atoms with van der Waals surface area (Å²) in [4.78, 5) is 16.6. The number of nitrogens with zero attached hydrogens (tertiary/aromatic N) is 3. The van der Waals surface area contributed by atoms with E-state index in [0.29, 0.717) is 31.0 Å². The first kappa shape index (κ1) is 16.3. The van der Waals surface area contributed by atoms with Gasteiger partial charge in [-0.05, 0) is 17.5 Å². The molecule has 0 aliphatic carbocycles. The number of carbonyl (C=O) groups is 1. The van der Waals surface area contributed by atoms with E-state index >= 15 is 0 Å². The van der Waals surface area contributed by atoms with Gasteiger partial charge in [0.1, 0.15) is 5.76 Å². The van der Waals surface area contributed by atoms with Gasteiger partial charge in [0.2, 0.25) is 0 Å². The van der Waals surface area contributed by atoms with E-state index in [9.17, 15) is 9.90 Å². The third kappa shape index (κ3) is 3.07. The highest BCUT2D eigenvalue weighted by Crippen LogP contribution is 2.25. The fourth-order valence-corrected chi connectivity index (χ4v) is 3.84. The summed E-state index contributed by atoms with van der Waals surface area (Å²) < 4.78 is 5.13. The van der Waals surface area contributed by atoms with Gasteiger partial charge < -0.3 is 14.5 Å². The molecule has 1 amide bonds. The van der Waals surface area contributed by atoms with E-state index in [1.807, 2.05) is 6.92 Å². The lowest BCUT2D eigenvalue weighted by Crippen LogP contribution is -2.45. The molecule has 0 bridgehead atoms.